The number of methoxy groups -OCH3 is 1. The molecule has 1 aromatic heterocycles. The molecule has 1 heterocycles. The highest BCUT2D eigenvalue weighted by Crippen LogP contribution is 2.22. The summed E-state index contributed by atoms with van der Waals surface area (Å²) in [7, 11) is 1.30. The standard InChI is InChI=1S/C37H45N3O8/c1-24(2)22-31(35(44)45)38-33(42)30(23-32(41)48-37(3,4)5)9-7-8-25-10-12-26(13-11-25)27-18-20-40(21-19-27)39-34(43)28-14-16-29(17-15-28)36(46)47-6/h10-21,24,30-31H,7-9,22-23H2,1-6H3,(H2-,38,39,42,43,44,45)/p+1/t30-,31+/m1/s1. The molecule has 2 atom stereocenters. The lowest BCUT2D eigenvalue weighted by atomic mass is 9.94. The van der Waals surface area contributed by atoms with E-state index in [-0.39, 0.29) is 24.7 Å². The van der Waals surface area contributed by atoms with Crippen molar-refractivity contribution in [2.75, 3.05) is 12.5 Å². The Labute approximate surface area is 281 Å². The van der Waals surface area contributed by atoms with Crippen LogP contribution in [0, 0.1) is 11.8 Å². The predicted molar refractivity (Wildman–Crippen MR) is 179 cm³/mol. The molecule has 0 aliphatic carbocycles. The van der Waals surface area contributed by atoms with Crippen LogP contribution in [0.2, 0.25) is 0 Å². The van der Waals surface area contributed by atoms with Crippen LogP contribution in [0.1, 0.15) is 86.6 Å². The minimum absolute atomic E-state index is 0.0707. The van der Waals surface area contributed by atoms with Crippen molar-refractivity contribution in [1.82, 2.24) is 5.32 Å². The minimum Gasteiger partial charge on any atom is -0.480 e. The number of hydrogen-bond acceptors (Lipinski definition) is 7. The lowest BCUT2D eigenvalue weighted by Gasteiger charge is -2.24. The zero-order valence-electron chi connectivity index (χ0n) is 28.4. The summed E-state index contributed by atoms with van der Waals surface area (Å²) in [5.74, 6) is -3.52. The van der Waals surface area contributed by atoms with Crippen molar-refractivity contribution >= 4 is 29.7 Å². The fourth-order valence-electron chi connectivity index (χ4n) is 5.06. The summed E-state index contributed by atoms with van der Waals surface area (Å²) in [4.78, 5) is 61.7. The first-order valence-corrected chi connectivity index (χ1v) is 16.0. The zero-order valence-corrected chi connectivity index (χ0v) is 28.4. The summed E-state index contributed by atoms with van der Waals surface area (Å²) in [6.45, 7) is 9.05. The lowest BCUT2D eigenvalue weighted by Crippen LogP contribution is -2.47. The van der Waals surface area contributed by atoms with E-state index >= 15 is 0 Å². The van der Waals surface area contributed by atoms with E-state index in [2.05, 4.69) is 15.5 Å². The average Bonchev–Trinajstić information content (AvgIpc) is 3.03. The number of aliphatic carboxylic acids is 1. The molecule has 0 radical (unpaired) electrons. The second kappa shape index (κ2) is 17.2. The first-order chi connectivity index (χ1) is 22.6. The lowest BCUT2D eigenvalue weighted by molar-refractivity contribution is -0.641. The molecule has 0 unspecified atom stereocenters. The second-order valence-electron chi connectivity index (χ2n) is 13.1. The SMILES string of the molecule is COC(=O)c1ccc(C(=O)N[n+]2ccc(-c3ccc(CCC[C@H](CC(=O)OC(C)(C)C)C(=O)N[C@@H](CC(C)C)C(=O)O)cc3)cc2)cc1. The van der Waals surface area contributed by atoms with E-state index in [0.717, 1.165) is 16.7 Å². The highest BCUT2D eigenvalue weighted by atomic mass is 16.6. The van der Waals surface area contributed by atoms with E-state index in [1.54, 1.807) is 50.0 Å². The van der Waals surface area contributed by atoms with Crippen molar-refractivity contribution in [2.24, 2.45) is 11.8 Å². The molecule has 3 rings (SSSR count). The molecular formula is C37H46N3O8+. The van der Waals surface area contributed by atoms with Gasteiger partial charge in [0.2, 0.25) is 18.3 Å². The summed E-state index contributed by atoms with van der Waals surface area (Å²) in [5, 5.41) is 12.2. The normalized spacial score (nSPS) is 12.5. The Kier molecular flexibility index (Phi) is 13.4. The molecule has 48 heavy (non-hydrogen) atoms. The predicted octanol–water partition coefficient (Wildman–Crippen LogP) is 5.10. The van der Waals surface area contributed by atoms with Gasteiger partial charge in [0.15, 0.2) is 0 Å². The molecule has 3 N–H and O–H groups in total. The van der Waals surface area contributed by atoms with Gasteiger partial charge in [0, 0.05) is 23.6 Å². The Balaban J connectivity index is 1.59. The van der Waals surface area contributed by atoms with E-state index in [9.17, 15) is 29.1 Å². The van der Waals surface area contributed by atoms with Crippen LogP contribution < -0.4 is 15.4 Å². The topological polar surface area (TPSA) is 152 Å². The van der Waals surface area contributed by atoms with Gasteiger partial charge in [-0.2, -0.15) is 0 Å². The Morgan fingerprint density at radius 1 is 0.854 bits per heavy atom. The van der Waals surface area contributed by atoms with Crippen molar-refractivity contribution < 1.29 is 43.2 Å². The monoisotopic (exact) mass is 660 g/mol. The van der Waals surface area contributed by atoms with Crippen LogP contribution in [0.25, 0.3) is 11.1 Å². The molecule has 2 amide bonds. The van der Waals surface area contributed by atoms with Gasteiger partial charge >= 0.3 is 23.8 Å². The van der Waals surface area contributed by atoms with E-state index in [4.69, 9.17) is 4.74 Å². The molecule has 0 bridgehead atoms. The molecule has 0 aliphatic heterocycles. The summed E-state index contributed by atoms with van der Waals surface area (Å²) in [6, 6.07) is 16.9. The van der Waals surface area contributed by atoms with E-state index in [0.29, 0.717) is 30.4 Å². The number of benzene rings is 2. The highest BCUT2D eigenvalue weighted by Gasteiger charge is 2.29. The van der Waals surface area contributed by atoms with Gasteiger partial charge < -0.3 is 19.9 Å². The number of aromatic nitrogens is 1. The molecule has 11 heteroatoms. The van der Waals surface area contributed by atoms with E-state index in [1.807, 2.05) is 50.2 Å². The van der Waals surface area contributed by atoms with Gasteiger partial charge in [-0.1, -0.05) is 42.8 Å². The van der Waals surface area contributed by atoms with Gasteiger partial charge in [0.25, 0.3) is 0 Å². The Morgan fingerprint density at radius 3 is 1.98 bits per heavy atom. The number of rotatable bonds is 15. The van der Waals surface area contributed by atoms with Crippen LogP contribution in [0.4, 0.5) is 0 Å². The van der Waals surface area contributed by atoms with Gasteiger partial charge in [-0.25, -0.2) is 9.59 Å². The molecular weight excluding hydrogens is 614 g/mol. The van der Waals surface area contributed by atoms with Crippen molar-refractivity contribution in [2.45, 2.75) is 78.4 Å². The van der Waals surface area contributed by atoms with Crippen molar-refractivity contribution in [3.05, 3.63) is 89.7 Å². The van der Waals surface area contributed by atoms with Crippen molar-refractivity contribution in [3.8, 4) is 11.1 Å². The highest BCUT2D eigenvalue weighted by molar-refractivity contribution is 5.99. The number of esters is 2. The van der Waals surface area contributed by atoms with Gasteiger partial charge in [-0.05, 0) is 93.3 Å². The smallest absolute Gasteiger partial charge is 0.337 e. The summed E-state index contributed by atoms with van der Waals surface area (Å²) in [6.07, 6.45) is 5.28. The van der Waals surface area contributed by atoms with Gasteiger partial charge in [-0.3, -0.25) is 14.4 Å². The van der Waals surface area contributed by atoms with Crippen molar-refractivity contribution in [1.29, 1.82) is 0 Å². The summed E-state index contributed by atoms with van der Waals surface area (Å²) >= 11 is 0. The fraction of sp³-hybridized carbons (Fsp3) is 0.405. The van der Waals surface area contributed by atoms with Gasteiger partial charge in [0.05, 0.1) is 19.1 Å². The number of amides is 2. The number of carboxylic acid groups (broad SMARTS) is 1. The van der Waals surface area contributed by atoms with Crippen LogP contribution in [0.5, 0.6) is 0 Å². The number of carbonyl (C=O) groups is 5. The maximum Gasteiger partial charge on any atom is 0.337 e. The molecule has 0 saturated heterocycles. The number of ether oxygens (including phenoxy) is 2. The first-order valence-electron chi connectivity index (χ1n) is 16.0. The Morgan fingerprint density at radius 2 is 1.44 bits per heavy atom. The largest absolute Gasteiger partial charge is 0.480 e. The molecule has 0 saturated carbocycles. The number of hydrogen-bond donors (Lipinski definition) is 3. The number of aryl methyl sites for hydroxylation is 1. The van der Waals surface area contributed by atoms with E-state index in [1.165, 1.54) is 19.2 Å². The van der Waals surface area contributed by atoms with Gasteiger partial charge in [0.1, 0.15) is 11.6 Å². The molecule has 256 valence electrons. The summed E-state index contributed by atoms with van der Waals surface area (Å²) < 4.78 is 11.7. The van der Waals surface area contributed by atoms with Crippen LogP contribution in [0.3, 0.4) is 0 Å². The molecule has 0 fully saturated rings. The minimum atomic E-state index is -1.10. The second-order valence-corrected chi connectivity index (χ2v) is 13.1. The molecule has 0 aliphatic rings. The zero-order chi connectivity index (χ0) is 35.4. The average molecular weight is 661 g/mol. The number of pyridine rings is 1. The third-order valence-corrected chi connectivity index (χ3v) is 7.46. The Hall–Kier alpha value is -5.06. The third kappa shape index (κ3) is 11.9. The number of carbonyl (C=O) groups excluding carboxylic acids is 4. The third-order valence-electron chi connectivity index (χ3n) is 7.46. The van der Waals surface area contributed by atoms with E-state index < -0.39 is 41.4 Å². The first kappa shape index (κ1) is 37.4. The quantitative estimate of drug-likeness (QED) is 0.151. The molecule has 3 aromatic rings. The summed E-state index contributed by atoms with van der Waals surface area (Å²) in [5.41, 5.74) is 5.79. The molecule has 11 nitrogen and oxygen atoms in total. The van der Waals surface area contributed by atoms with Crippen LogP contribution >= 0.6 is 0 Å². The number of nitrogens with one attached hydrogen (secondary N) is 2. The maximum atomic E-state index is 13.2. The van der Waals surface area contributed by atoms with Crippen LogP contribution in [-0.2, 0) is 30.3 Å². The van der Waals surface area contributed by atoms with Crippen LogP contribution in [0.15, 0.2) is 73.1 Å². The van der Waals surface area contributed by atoms with Crippen LogP contribution in [-0.4, -0.2) is 53.6 Å². The number of nitrogens with zero attached hydrogens (tertiary/aromatic N) is 1. The fourth-order valence-corrected chi connectivity index (χ4v) is 5.06. The number of carboxylic acids is 1. The maximum absolute atomic E-state index is 13.2. The molecule has 0 spiro atoms. The molecule has 2 aromatic carbocycles. The Bertz CT molecular complexity index is 1560. The van der Waals surface area contributed by atoms with Crippen molar-refractivity contribution in [3.63, 3.8) is 0 Å². The van der Waals surface area contributed by atoms with Gasteiger partial charge in [-0.15, -0.1) is 5.43 Å².